The monoisotopic (exact) mass is 505 g/mol. The highest BCUT2D eigenvalue weighted by Gasteiger charge is 2.16. The number of ether oxygens (including phenoxy) is 1. The Morgan fingerprint density at radius 3 is 2.49 bits per heavy atom. The van der Waals surface area contributed by atoms with Crippen LogP contribution < -0.4 is 14.8 Å². The number of rotatable bonds is 5. The highest BCUT2D eigenvalue weighted by Crippen LogP contribution is 2.29. The summed E-state index contributed by atoms with van der Waals surface area (Å²) < 4.78 is 9.19. The van der Waals surface area contributed by atoms with Gasteiger partial charge in [-0.25, -0.2) is 4.68 Å². The van der Waals surface area contributed by atoms with E-state index >= 15 is 0 Å². The SMILES string of the molecule is COc1ccc(-c2nn(-c3ccccc3)cc2/C=c2\sc3nc(-c4cccc(C)c4)nn3c2=O)cc1C. The molecule has 0 saturated carbocycles. The van der Waals surface area contributed by atoms with E-state index in [0.29, 0.717) is 15.3 Å². The van der Waals surface area contributed by atoms with Crippen LogP contribution >= 0.6 is 11.3 Å². The Balaban J connectivity index is 1.49. The molecule has 182 valence electrons. The van der Waals surface area contributed by atoms with Gasteiger partial charge in [-0.15, -0.1) is 5.10 Å². The molecule has 0 atom stereocenters. The lowest BCUT2D eigenvalue weighted by Crippen LogP contribution is -2.23. The van der Waals surface area contributed by atoms with Crippen LogP contribution in [0.1, 0.15) is 16.7 Å². The molecule has 37 heavy (non-hydrogen) atoms. The standard InChI is InChI=1S/C29H23N5O2S/c1-18-8-7-9-21(14-18)27-30-29-34(32-27)28(35)25(37-29)16-22-17-33(23-10-5-4-6-11-23)31-26(22)20-12-13-24(36-3)19(2)15-20/h4-17H,1-3H3/b25-16-. The van der Waals surface area contributed by atoms with Crippen molar-refractivity contribution in [1.29, 1.82) is 0 Å². The van der Waals surface area contributed by atoms with E-state index in [0.717, 1.165) is 44.9 Å². The average molecular weight is 506 g/mol. The largest absolute Gasteiger partial charge is 0.496 e. The van der Waals surface area contributed by atoms with Gasteiger partial charge in [-0.3, -0.25) is 4.79 Å². The molecule has 0 unspecified atom stereocenters. The number of nitrogens with zero attached hydrogens (tertiary/aromatic N) is 5. The zero-order valence-corrected chi connectivity index (χ0v) is 21.4. The van der Waals surface area contributed by atoms with Gasteiger partial charge in [-0.05, 0) is 61.9 Å². The van der Waals surface area contributed by atoms with Gasteiger partial charge >= 0.3 is 0 Å². The Kier molecular flexibility index (Phi) is 5.65. The topological polar surface area (TPSA) is 74.3 Å². The number of hydrogen-bond acceptors (Lipinski definition) is 6. The highest BCUT2D eigenvalue weighted by molar-refractivity contribution is 7.15. The van der Waals surface area contributed by atoms with E-state index < -0.39 is 0 Å². The number of para-hydroxylation sites is 1. The Labute approximate surface area is 216 Å². The normalized spacial score (nSPS) is 11.9. The zero-order chi connectivity index (χ0) is 25.5. The van der Waals surface area contributed by atoms with Gasteiger partial charge < -0.3 is 4.74 Å². The molecule has 0 spiro atoms. The molecule has 0 fully saturated rings. The van der Waals surface area contributed by atoms with E-state index in [2.05, 4.69) is 10.1 Å². The summed E-state index contributed by atoms with van der Waals surface area (Å²) in [6, 6.07) is 23.8. The first-order valence-electron chi connectivity index (χ1n) is 11.8. The first kappa shape index (κ1) is 22.9. The van der Waals surface area contributed by atoms with Crippen LogP contribution in [-0.4, -0.2) is 31.5 Å². The summed E-state index contributed by atoms with van der Waals surface area (Å²) in [6.45, 7) is 4.02. The molecule has 0 aliphatic rings. The van der Waals surface area contributed by atoms with Gasteiger partial charge in [0.1, 0.15) is 11.4 Å². The van der Waals surface area contributed by atoms with Gasteiger partial charge in [0.15, 0.2) is 5.82 Å². The molecule has 3 aromatic carbocycles. The van der Waals surface area contributed by atoms with Crippen molar-refractivity contribution < 1.29 is 4.74 Å². The second-order valence-electron chi connectivity index (χ2n) is 8.81. The minimum atomic E-state index is -0.198. The van der Waals surface area contributed by atoms with Crippen molar-refractivity contribution in [3.05, 3.63) is 111 Å². The number of fused-ring (bicyclic) bond motifs is 1. The zero-order valence-electron chi connectivity index (χ0n) is 20.5. The van der Waals surface area contributed by atoms with Crippen molar-refractivity contribution in [1.82, 2.24) is 24.4 Å². The molecule has 7 nitrogen and oxygen atoms in total. The van der Waals surface area contributed by atoms with Crippen molar-refractivity contribution in [2.24, 2.45) is 0 Å². The van der Waals surface area contributed by atoms with E-state index in [9.17, 15) is 4.79 Å². The fourth-order valence-electron chi connectivity index (χ4n) is 4.34. The lowest BCUT2D eigenvalue weighted by Gasteiger charge is -2.06. The number of aryl methyl sites for hydroxylation is 2. The number of aromatic nitrogens is 5. The van der Waals surface area contributed by atoms with Crippen LogP contribution in [0.15, 0.2) is 83.8 Å². The second kappa shape index (κ2) is 9.15. The van der Waals surface area contributed by atoms with Crippen molar-refractivity contribution in [2.45, 2.75) is 13.8 Å². The van der Waals surface area contributed by atoms with Gasteiger partial charge in [0.25, 0.3) is 5.56 Å². The van der Waals surface area contributed by atoms with Crippen LogP contribution in [0.2, 0.25) is 0 Å². The van der Waals surface area contributed by atoms with Gasteiger partial charge in [0.05, 0.1) is 17.3 Å². The Bertz CT molecular complexity index is 1870. The molecule has 0 radical (unpaired) electrons. The number of thiazole rings is 1. The number of methoxy groups -OCH3 is 1. The number of benzene rings is 3. The van der Waals surface area contributed by atoms with Crippen molar-refractivity contribution in [3.8, 4) is 34.1 Å². The average Bonchev–Trinajstić information content (AvgIpc) is 3.60. The molecule has 0 N–H and O–H groups in total. The van der Waals surface area contributed by atoms with Gasteiger partial charge in [-0.2, -0.15) is 14.6 Å². The summed E-state index contributed by atoms with van der Waals surface area (Å²) >= 11 is 1.32. The van der Waals surface area contributed by atoms with Crippen LogP contribution in [-0.2, 0) is 0 Å². The maximum absolute atomic E-state index is 13.3. The van der Waals surface area contributed by atoms with E-state index in [4.69, 9.17) is 9.84 Å². The second-order valence-corrected chi connectivity index (χ2v) is 9.82. The van der Waals surface area contributed by atoms with Crippen LogP contribution in [0.4, 0.5) is 0 Å². The lowest BCUT2D eigenvalue weighted by atomic mass is 10.0. The maximum atomic E-state index is 13.3. The predicted molar refractivity (Wildman–Crippen MR) is 146 cm³/mol. The molecule has 0 aliphatic heterocycles. The molecule has 6 aromatic rings. The third-order valence-electron chi connectivity index (χ3n) is 6.18. The Morgan fingerprint density at radius 2 is 1.76 bits per heavy atom. The third kappa shape index (κ3) is 4.21. The predicted octanol–water partition coefficient (Wildman–Crippen LogP) is 4.84. The Morgan fingerprint density at radius 1 is 0.919 bits per heavy atom. The van der Waals surface area contributed by atoms with Gasteiger partial charge in [0.2, 0.25) is 4.96 Å². The minimum Gasteiger partial charge on any atom is -0.496 e. The van der Waals surface area contributed by atoms with Gasteiger partial charge in [0, 0.05) is 22.9 Å². The summed E-state index contributed by atoms with van der Waals surface area (Å²) in [5.41, 5.74) is 6.28. The summed E-state index contributed by atoms with van der Waals surface area (Å²) in [5.74, 6) is 1.36. The number of hydrogen-bond donors (Lipinski definition) is 0. The highest BCUT2D eigenvalue weighted by atomic mass is 32.1. The first-order valence-corrected chi connectivity index (χ1v) is 12.6. The summed E-state index contributed by atoms with van der Waals surface area (Å²) in [7, 11) is 1.66. The minimum absolute atomic E-state index is 0.198. The fraction of sp³-hybridized carbons (Fsp3) is 0.103. The van der Waals surface area contributed by atoms with Gasteiger partial charge in [-0.1, -0.05) is 53.3 Å². The molecular weight excluding hydrogens is 482 g/mol. The smallest absolute Gasteiger partial charge is 0.291 e. The van der Waals surface area contributed by atoms with E-state index in [1.54, 1.807) is 7.11 Å². The quantitative estimate of drug-likeness (QED) is 0.335. The summed E-state index contributed by atoms with van der Waals surface area (Å²) in [6.07, 6.45) is 3.81. The third-order valence-corrected chi connectivity index (χ3v) is 7.14. The fourth-order valence-corrected chi connectivity index (χ4v) is 5.24. The Hall–Kier alpha value is -4.56. The van der Waals surface area contributed by atoms with Crippen LogP contribution in [0.5, 0.6) is 5.75 Å². The van der Waals surface area contributed by atoms with Crippen molar-refractivity contribution >= 4 is 22.4 Å². The molecule has 3 aromatic heterocycles. The molecule has 0 bridgehead atoms. The van der Waals surface area contributed by atoms with Crippen LogP contribution in [0.3, 0.4) is 0 Å². The van der Waals surface area contributed by atoms with E-state index in [-0.39, 0.29) is 5.56 Å². The van der Waals surface area contributed by atoms with Crippen LogP contribution in [0, 0.1) is 13.8 Å². The van der Waals surface area contributed by atoms with E-state index in [1.807, 2.05) is 104 Å². The summed E-state index contributed by atoms with van der Waals surface area (Å²) in [5, 5.41) is 9.38. The molecule has 3 heterocycles. The molecule has 6 rings (SSSR count). The molecule has 0 aliphatic carbocycles. The van der Waals surface area contributed by atoms with E-state index in [1.165, 1.54) is 15.9 Å². The molecule has 8 heteroatoms. The van der Waals surface area contributed by atoms with Crippen molar-refractivity contribution in [3.63, 3.8) is 0 Å². The van der Waals surface area contributed by atoms with Crippen LogP contribution in [0.25, 0.3) is 39.4 Å². The molecule has 0 amide bonds. The molecular formula is C29H23N5O2S. The lowest BCUT2D eigenvalue weighted by molar-refractivity contribution is 0.412. The van der Waals surface area contributed by atoms with Crippen molar-refractivity contribution in [2.75, 3.05) is 7.11 Å². The maximum Gasteiger partial charge on any atom is 0.291 e. The summed E-state index contributed by atoms with van der Waals surface area (Å²) in [4.78, 5) is 18.5. The molecule has 0 saturated heterocycles. The first-order chi connectivity index (χ1) is 18.0.